The van der Waals surface area contributed by atoms with Crippen LogP contribution in [0.3, 0.4) is 0 Å². The largest absolute Gasteiger partial charge is 0.360 e. The van der Waals surface area contributed by atoms with Gasteiger partial charge in [-0.2, -0.15) is 0 Å². The topological polar surface area (TPSA) is 79.9 Å². The molecule has 0 bridgehead atoms. The molecule has 2 aromatic rings. The smallest absolute Gasteiger partial charge is 0.169 e. The van der Waals surface area contributed by atoms with Crippen molar-refractivity contribution in [2.24, 2.45) is 5.92 Å². The first-order chi connectivity index (χ1) is 8.57. The second-order valence-corrected chi connectivity index (χ2v) is 6.82. The number of carbonyl (C=O) groups excluding carboxylic acids is 1. The van der Waals surface area contributed by atoms with E-state index in [-0.39, 0.29) is 17.3 Å². The van der Waals surface area contributed by atoms with E-state index in [9.17, 15) is 13.2 Å². The first kappa shape index (κ1) is 11.4. The molecule has 1 fully saturated rings. The summed E-state index contributed by atoms with van der Waals surface area (Å²) in [7, 11) is -3.03. The molecule has 5 nitrogen and oxygen atoms in total. The van der Waals surface area contributed by atoms with Crippen molar-refractivity contribution in [1.29, 1.82) is 0 Å². The molecule has 3 heterocycles. The van der Waals surface area contributed by atoms with Gasteiger partial charge in [-0.05, 0) is 12.5 Å². The van der Waals surface area contributed by atoms with Gasteiger partial charge in [-0.25, -0.2) is 8.42 Å². The summed E-state index contributed by atoms with van der Waals surface area (Å²) >= 11 is 0. The number of Topliss-reactive ketones (excluding diaryl/α,β-unsaturated/α-hetero) is 1. The molecule has 1 N–H and O–H groups in total. The third-order valence-corrected chi connectivity index (χ3v) is 5.12. The molecule has 1 saturated heterocycles. The van der Waals surface area contributed by atoms with E-state index >= 15 is 0 Å². The summed E-state index contributed by atoms with van der Waals surface area (Å²) in [6, 6.07) is 1.79. The zero-order valence-corrected chi connectivity index (χ0v) is 10.4. The Morgan fingerprint density at radius 1 is 1.44 bits per heavy atom. The molecule has 3 rings (SSSR count). The molecule has 1 aliphatic heterocycles. The molecule has 2 aromatic heterocycles. The van der Waals surface area contributed by atoms with Crippen molar-refractivity contribution in [3.05, 3.63) is 30.2 Å². The van der Waals surface area contributed by atoms with E-state index in [1.54, 1.807) is 24.7 Å². The summed E-state index contributed by atoms with van der Waals surface area (Å²) in [5.41, 5.74) is 1.38. The minimum absolute atomic E-state index is 0.0290. The number of aromatic amines is 1. The van der Waals surface area contributed by atoms with Crippen molar-refractivity contribution >= 4 is 26.5 Å². The number of sulfone groups is 1. The molecular formula is C12H12N2O3S. The number of nitrogens with zero attached hydrogens (tertiary/aromatic N) is 1. The van der Waals surface area contributed by atoms with Crippen molar-refractivity contribution < 1.29 is 13.2 Å². The number of carbonyl (C=O) groups is 1. The Morgan fingerprint density at radius 2 is 2.28 bits per heavy atom. The molecule has 0 amide bonds. The predicted octanol–water partition coefficient (Wildman–Crippen LogP) is 1.18. The SMILES string of the molecule is O=C(c1c[nH]c2ccncc12)C1CCS(=O)(=O)C1. The Bertz CT molecular complexity index is 718. The van der Waals surface area contributed by atoms with Gasteiger partial charge in [0.15, 0.2) is 15.6 Å². The highest BCUT2D eigenvalue weighted by Gasteiger charge is 2.34. The van der Waals surface area contributed by atoms with Crippen LogP contribution in [0.1, 0.15) is 16.8 Å². The third-order valence-electron chi connectivity index (χ3n) is 3.35. The number of rotatable bonds is 2. The number of hydrogen-bond acceptors (Lipinski definition) is 4. The molecule has 0 aliphatic carbocycles. The van der Waals surface area contributed by atoms with E-state index in [2.05, 4.69) is 9.97 Å². The number of nitrogens with one attached hydrogen (secondary N) is 1. The van der Waals surface area contributed by atoms with Gasteiger partial charge in [0.1, 0.15) is 0 Å². The van der Waals surface area contributed by atoms with Crippen LogP contribution in [-0.2, 0) is 9.84 Å². The van der Waals surface area contributed by atoms with E-state index in [1.165, 1.54) is 0 Å². The average Bonchev–Trinajstić information content (AvgIpc) is 2.91. The van der Waals surface area contributed by atoms with Crippen LogP contribution in [0.15, 0.2) is 24.7 Å². The predicted molar refractivity (Wildman–Crippen MR) is 67.2 cm³/mol. The van der Waals surface area contributed by atoms with Crippen LogP contribution < -0.4 is 0 Å². The van der Waals surface area contributed by atoms with Crippen LogP contribution >= 0.6 is 0 Å². The van der Waals surface area contributed by atoms with Gasteiger partial charge in [0.2, 0.25) is 0 Å². The minimum Gasteiger partial charge on any atom is -0.360 e. The van der Waals surface area contributed by atoms with E-state index in [0.29, 0.717) is 12.0 Å². The van der Waals surface area contributed by atoms with Gasteiger partial charge in [-0.1, -0.05) is 0 Å². The number of ketones is 1. The summed E-state index contributed by atoms with van der Waals surface area (Å²) in [5, 5.41) is 0.756. The second-order valence-electron chi connectivity index (χ2n) is 4.59. The Kier molecular flexibility index (Phi) is 2.48. The van der Waals surface area contributed by atoms with Crippen molar-refractivity contribution in [2.75, 3.05) is 11.5 Å². The maximum absolute atomic E-state index is 12.3. The van der Waals surface area contributed by atoms with Gasteiger partial charge in [0.05, 0.1) is 11.5 Å². The third kappa shape index (κ3) is 1.82. The van der Waals surface area contributed by atoms with E-state index < -0.39 is 15.8 Å². The summed E-state index contributed by atoms with van der Waals surface area (Å²) in [6.45, 7) is 0. The Balaban J connectivity index is 1.98. The molecule has 0 spiro atoms. The molecule has 0 aromatic carbocycles. The van der Waals surface area contributed by atoms with Crippen LogP contribution in [-0.4, -0.2) is 35.7 Å². The lowest BCUT2D eigenvalue weighted by Crippen LogP contribution is -2.15. The Hall–Kier alpha value is -1.69. The lowest BCUT2D eigenvalue weighted by molar-refractivity contribution is 0.0935. The molecule has 0 radical (unpaired) electrons. The first-order valence-corrected chi connectivity index (χ1v) is 7.55. The second kappa shape index (κ2) is 3.91. The summed E-state index contributed by atoms with van der Waals surface area (Å²) < 4.78 is 22.8. The van der Waals surface area contributed by atoms with Gasteiger partial charge in [-0.3, -0.25) is 9.78 Å². The van der Waals surface area contributed by atoms with Crippen molar-refractivity contribution in [1.82, 2.24) is 9.97 Å². The molecule has 94 valence electrons. The van der Waals surface area contributed by atoms with Crippen molar-refractivity contribution in [2.45, 2.75) is 6.42 Å². The van der Waals surface area contributed by atoms with Gasteiger partial charge in [0.25, 0.3) is 0 Å². The Morgan fingerprint density at radius 3 is 3.00 bits per heavy atom. The maximum Gasteiger partial charge on any atom is 0.169 e. The number of hydrogen-bond donors (Lipinski definition) is 1. The lowest BCUT2D eigenvalue weighted by atomic mass is 9.97. The van der Waals surface area contributed by atoms with E-state index in [0.717, 1.165) is 10.9 Å². The van der Waals surface area contributed by atoms with Crippen molar-refractivity contribution in [3.63, 3.8) is 0 Å². The Labute approximate surface area is 104 Å². The fourth-order valence-corrected chi connectivity index (χ4v) is 4.13. The molecule has 0 saturated carbocycles. The summed E-state index contributed by atoms with van der Waals surface area (Å²) in [4.78, 5) is 19.3. The van der Waals surface area contributed by atoms with Crippen LogP contribution in [0, 0.1) is 5.92 Å². The van der Waals surface area contributed by atoms with Crippen LogP contribution in [0.5, 0.6) is 0 Å². The zero-order chi connectivity index (χ0) is 12.8. The van der Waals surface area contributed by atoms with Crippen LogP contribution in [0.25, 0.3) is 10.9 Å². The summed E-state index contributed by atoms with van der Waals surface area (Å²) in [5.74, 6) is -0.424. The number of aromatic nitrogens is 2. The molecule has 1 unspecified atom stereocenters. The lowest BCUT2D eigenvalue weighted by Gasteiger charge is -2.04. The molecule has 1 aliphatic rings. The fourth-order valence-electron chi connectivity index (χ4n) is 2.39. The minimum atomic E-state index is -3.03. The van der Waals surface area contributed by atoms with Gasteiger partial charge in [0, 0.05) is 41.0 Å². The monoisotopic (exact) mass is 264 g/mol. The highest BCUT2D eigenvalue weighted by molar-refractivity contribution is 7.91. The van der Waals surface area contributed by atoms with Crippen LogP contribution in [0.2, 0.25) is 0 Å². The van der Waals surface area contributed by atoms with E-state index in [4.69, 9.17) is 0 Å². The van der Waals surface area contributed by atoms with Gasteiger partial charge in [-0.15, -0.1) is 0 Å². The molecule has 1 atom stereocenters. The number of pyridine rings is 1. The van der Waals surface area contributed by atoms with Gasteiger partial charge < -0.3 is 4.98 Å². The first-order valence-electron chi connectivity index (χ1n) is 5.72. The van der Waals surface area contributed by atoms with Gasteiger partial charge >= 0.3 is 0 Å². The normalized spacial score (nSPS) is 22.3. The average molecular weight is 264 g/mol. The number of H-pyrrole nitrogens is 1. The standard InChI is InChI=1S/C12H12N2O3S/c15-12(8-2-4-18(16,17)7-8)10-6-14-11-1-3-13-5-9(10)11/h1,3,5-6,8,14H,2,4,7H2. The molecule has 18 heavy (non-hydrogen) atoms. The highest BCUT2D eigenvalue weighted by Crippen LogP contribution is 2.26. The molecular weight excluding hydrogens is 252 g/mol. The quantitative estimate of drug-likeness (QED) is 0.826. The molecule has 6 heteroatoms. The number of fused-ring (bicyclic) bond motifs is 1. The fraction of sp³-hybridized carbons (Fsp3) is 0.333. The highest BCUT2D eigenvalue weighted by atomic mass is 32.2. The summed E-state index contributed by atoms with van der Waals surface area (Å²) in [6.07, 6.45) is 5.34. The van der Waals surface area contributed by atoms with E-state index in [1.807, 2.05) is 0 Å². The maximum atomic E-state index is 12.3. The van der Waals surface area contributed by atoms with Crippen LogP contribution in [0.4, 0.5) is 0 Å². The zero-order valence-electron chi connectivity index (χ0n) is 9.59. The van der Waals surface area contributed by atoms with Crippen molar-refractivity contribution in [3.8, 4) is 0 Å².